The number of fused-ring (bicyclic) bond motifs is 1. The maximum Gasteiger partial charge on any atom is 0.387 e. The second-order valence-electron chi connectivity index (χ2n) is 6.24. The molecule has 6 nitrogen and oxygen atoms in total. The molecule has 0 bridgehead atoms. The van der Waals surface area contributed by atoms with E-state index in [0.29, 0.717) is 16.8 Å². The molecule has 1 aliphatic heterocycles. The number of anilines is 1. The molecule has 2 aromatic rings. The molecule has 0 saturated carbocycles. The first kappa shape index (κ1) is 19.2. The minimum atomic E-state index is -3.79. The van der Waals surface area contributed by atoms with Gasteiger partial charge in [-0.15, -0.1) is 0 Å². The number of rotatable bonds is 6. The Balaban J connectivity index is 1.78. The highest BCUT2D eigenvalue weighted by molar-refractivity contribution is 7.89. The Kier molecular flexibility index (Phi) is 5.16. The normalized spacial score (nSPS) is 16.5. The molecule has 2 aromatic carbocycles. The lowest BCUT2D eigenvalue weighted by Crippen LogP contribution is -2.26. The molecule has 3 rings (SSSR count). The number of carbonyl (C=O) groups excluding carboxylic acids is 1. The molecule has 0 fully saturated rings. The number of nitrogens with zero attached hydrogens (tertiary/aromatic N) is 1. The van der Waals surface area contributed by atoms with Crippen LogP contribution in [0.1, 0.15) is 24.0 Å². The molecule has 0 unspecified atom stereocenters. The molecule has 1 atom stereocenters. The van der Waals surface area contributed by atoms with E-state index in [1.165, 1.54) is 43.4 Å². The number of amides is 1. The lowest BCUT2D eigenvalue weighted by Gasteiger charge is -2.18. The molecule has 1 amide bonds. The number of sulfonamides is 1. The molecular weight excluding hydrogens is 378 g/mol. The van der Waals surface area contributed by atoms with Gasteiger partial charge in [-0.2, -0.15) is 13.1 Å². The van der Waals surface area contributed by atoms with Gasteiger partial charge in [0, 0.05) is 19.3 Å². The fourth-order valence-electron chi connectivity index (χ4n) is 2.85. The lowest BCUT2D eigenvalue weighted by molar-refractivity contribution is -0.116. The molecule has 0 radical (unpaired) electrons. The summed E-state index contributed by atoms with van der Waals surface area (Å²) < 4.78 is 55.5. The average Bonchev–Trinajstić information content (AvgIpc) is 2.90. The maximum atomic E-state index is 12.8. The van der Waals surface area contributed by atoms with E-state index >= 15 is 0 Å². The zero-order valence-corrected chi connectivity index (χ0v) is 15.5. The highest BCUT2D eigenvalue weighted by atomic mass is 32.2. The molecule has 0 aliphatic carbocycles. The minimum Gasteiger partial charge on any atom is -0.435 e. The van der Waals surface area contributed by atoms with Crippen LogP contribution < -0.4 is 10.1 Å². The first-order chi connectivity index (χ1) is 12.7. The van der Waals surface area contributed by atoms with Crippen molar-refractivity contribution in [1.29, 1.82) is 0 Å². The van der Waals surface area contributed by atoms with Crippen molar-refractivity contribution in [3.8, 4) is 5.75 Å². The number of alkyl halides is 2. The van der Waals surface area contributed by atoms with Gasteiger partial charge in [-0.3, -0.25) is 4.79 Å². The van der Waals surface area contributed by atoms with Crippen molar-refractivity contribution in [2.75, 3.05) is 12.4 Å². The number of hydrogen-bond donors (Lipinski definition) is 1. The van der Waals surface area contributed by atoms with Crippen molar-refractivity contribution >= 4 is 21.6 Å². The molecule has 1 N–H and O–H groups in total. The van der Waals surface area contributed by atoms with Crippen LogP contribution in [0.2, 0.25) is 0 Å². The Morgan fingerprint density at radius 1 is 1.19 bits per heavy atom. The molecule has 9 heteroatoms. The Bertz CT molecular complexity index is 962. The van der Waals surface area contributed by atoms with Crippen LogP contribution in [0.4, 0.5) is 14.5 Å². The quantitative estimate of drug-likeness (QED) is 0.814. The largest absolute Gasteiger partial charge is 0.435 e. The third-order valence-electron chi connectivity index (χ3n) is 4.40. The molecule has 0 saturated heterocycles. The Hall–Kier alpha value is -2.52. The van der Waals surface area contributed by atoms with E-state index in [-0.39, 0.29) is 23.1 Å². The summed E-state index contributed by atoms with van der Waals surface area (Å²) in [5, 5.41) is 2.70. The van der Waals surface area contributed by atoms with Crippen LogP contribution in [0.5, 0.6) is 5.75 Å². The van der Waals surface area contributed by atoms with Gasteiger partial charge in [0.2, 0.25) is 15.9 Å². The van der Waals surface area contributed by atoms with Gasteiger partial charge in [-0.05, 0) is 48.4 Å². The third-order valence-corrected chi connectivity index (χ3v) is 6.20. The van der Waals surface area contributed by atoms with E-state index in [0.717, 1.165) is 4.31 Å². The zero-order chi connectivity index (χ0) is 19.8. The zero-order valence-electron chi connectivity index (χ0n) is 14.6. The van der Waals surface area contributed by atoms with Crippen molar-refractivity contribution in [2.45, 2.75) is 30.9 Å². The fraction of sp³-hybridized carbons (Fsp3) is 0.278. The van der Waals surface area contributed by atoms with Crippen LogP contribution in [0.3, 0.4) is 0 Å². The van der Waals surface area contributed by atoms with E-state index in [2.05, 4.69) is 10.1 Å². The van der Waals surface area contributed by atoms with Crippen molar-refractivity contribution in [1.82, 2.24) is 4.31 Å². The van der Waals surface area contributed by atoms with Crippen LogP contribution >= 0.6 is 0 Å². The molecular formula is C18H18F2N2O4S. The number of carbonyl (C=O) groups is 1. The minimum absolute atomic E-state index is 0.00374. The summed E-state index contributed by atoms with van der Waals surface area (Å²) in [6, 6.07) is 10.3. The second kappa shape index (κ2) is 7.24. The summed E-state index contributed by atoms with van der Waals surface area (Å²) in [5.74, 6) is -0.578. The first-order valence-electron chi connectivity index (χ1n) is 8.13. The second-order valence-corrected chi connectivity index (χ2v) is 8.29. The number of benzene rings is 2. The summed E-state index contributed by atoms with van der Waals surface area (Å²) in [5.41, 5.74) is 1.88. The highest BCUT2D eigenvalue weighted by Crippen LogP contribution is 2.34. The van der Waals surface area contributed by atoms with Gasteiger partial charge in [0.05, 0.1) is 10.8 Å². The van der Waals surface area contributed by atoms with Crippen LogP contribution in [0.25, 0.3) is 0 Å². The summed E-state index contributed by atoms with van der Waals surface area (Å²) in [4.78, 5) is 11.8. The van der Waals surface area contributed by atoms with Crippen LogP contribution in [0.15, 0.2) is 47.4 Å². The van der Waals surface area contributed by atoms with E-state index in [9.17, 15) is 22.0 Å². The van der Waals surface area contributed by atoms with Crippen molar-refractivity contribution < 1.29 is 26.7 Å². The van der Waals surface area contributed by atoms with Gasteiger partial charge in [0.1, 0.15) is 5.75 Å². The summed E-state index contributed by atoms with van der Waals surface area (Å²) in [6.45, 7) is -1.15. The monoisotopic (exact) mass is 396 g/mol. The lowest BCUT2D eigenvalue weighted by atomic mass is 10.0. The maximum absolute atomic E-state index is 12.8. The molecule has 1 aliphatic rings. The SMILES string of the molecule is C[C@H]1C(=O)Nc2ccc(S(=O)(=O)N(C)Cc3ccc(OC(F)F)cc3)cc21. The Morgan fingerprint density at radius 2 is 1.85 bits per heavy atom. The van der Waals surface area contributed by atoms with Gasteiger partial charge in [-0.1, -0.05) is 12.1 Å². The van der Waals surface area contributed by atoms with Crippen molar-refractivity contribution in [2.24, 2.45) is 0 Å². The summed E-state index contributed by atoms with van der Waals surface area (Å²) in [6.07, 6.45) is 0. The molecule has 1 heterocycles. The Labute approximate surface area is 155 Å². The molecule has 0 aromatic heterocycles. The summed E-state index contributed by atoms with van der Waals surface area (Å²) in [7, 11) is -2.36. The van der Waals surface area contributed by atoms with Crippen LogP contribution in [0, 0.1) is 0 Å². The topological polar surface area (TPSA) is 75.7 Å². The van der Waals surface area contributed by atoms with E-state index < -0.39 is 22.6 Å². The number of ether oxygens (including phenoxy) is 1. The van der Waals surface area contributed by atoms with Crippen LogP contribution in [-0.4, -0.2) is 32.3 Å². The van der Waals surface area contributed by atoms with Gasteiger partial charge >= 0.3 is 6.61 Å². The van der Waals surface area contributed by atoms with Crippen LogP contribution in [-0.2, 0) is 21.4 Å². The number of hydrogen-bond acceptors (Lipinski definition) is 4. The van der Waals surface area contributed by atoms with E-state index in [4.69, 9.17) is 0 Å². The highest BCUT2D eigenvalue weighted by Gasteiger charge is 2.29. The van der Waals surface area contributed by atoms with Gasteiger partial charge in [-0.25, -0.2) is 8.42 Å². The van der Waals surface area contributed by atoms with Gasteiger partial charge < -0.3 is 10.1 Å². The molecule has 144 valence electrons. The van der Waals surface area contributed by atoms with E-state index in [1.54, 1.807) is 13.0 Å². The predicted octanol–water partition coefficient (Wildman–Crippen LogP) is 3.16. The van der Waals surface area contributed by atoms with Crippen molar-refractivity contribution in [3.05, 3.63) is 53.6 Å². The van der Waals surface area contributed by atoms with Gasteiger partial charge in [0.15, 0.2) is 0 Å². The number of nitrogens with one attached hydrogen (secondary N) is 1. The number of halogens is 2. The molecule has 0 spiro atoms. The van der Waals surface area contributed by atoms with Gasteiger partial charge in [0.25, 0.3) is 0 Å². The average molecular weight is 396 g/mol. The first-order valence-corrected chi connectivity index (χ1v) is 9.57. The smallest absolute Gasteiger partial charge is 0.387 e. The Morgan fingerprint density at radius 3 is 2.48 bits per heavy atom. The third kappa shape index (κ3) is 3.93. The predicted molar refractivity (Wildman–Crippen MR) is 95.2 cm³/mol. The van der Waals surface area contributed by atoms with Crippen molar-refractivity contribution in [3.63, 3.8) is 0 Å². The molecule has 27 heavy (non-hydrogen) atoms. The summed E-state index contributed by atoms with van der Waals surface area (Å²) >= 11 is 0. The fourth-order valence-corrected chi connectivity index (χ4v) is 4.05. The van der Waals surface area contributed by atoms with E-state index in [1.807, 2.05) is 0 Å². The standard InChI is InChI=1S/C18H18F2N2O4S/c1-11-15-9-14(7-8-16(15)21-17(11)23)27(24,25)22(2)10-12-3-5-13(6-4-12)26-18(19)20/h3-9,11,18H,10H2,1-2H3,(H,21,23)/t11-/m1/s1.